The van der Waals surface area contributed by atoms with Crippen molar-refractivity contribution in [3.63, 3.8) is 0 Å². The highest BCUT2D eigenvalue weighted by atomic mass is 19.1. The minimum atomic E-state index is -1.12. The van der Waals surface area contributed by atoms with Gasteiger partial charge in [-0.05, 0) is 30.5 Å². The summed E-state index contributed by atoms with van der Waals surface area (Å²) in [6.45, 7) is 0.287. The first-order valence-corrected chi connectivity index (χ1v) is 5.98. The molecule has 0 bridgehead atoms. The first kappa shape index (κ1) is 13.3. The molecule has 19 heavy (non-hydrogen) atoms. The fourth-order valence-electron chi connectivity index (χ4n) is 2.12. The highest BCUT2D eigenvalue weighted by Gasteiger charge is 2.35. The minimum absolute atomic E-state index is 0.0550. The van der Waals surface area contributed by atoms with Crippen LogP contribution in [0.3, 0.4) is 0 Å². The average molecular weight is 267 g/mol. The van der Waals surface area contributed by atoms with Gasteiger partial charge in [-0.1, -0.05) is 12.1 Å². The van der Waals surface area contributed by atoms with Crippen molar-refractivity contribution in [1.29, 1.82) is 0 Å². The molecule has 1 aromatic carbocycles. The van der Waals surface area contributed by atoms with Crippen LogP contribution in [0.4, 0.5) is 9.18 Å². The van der Waals surface area contributed by atoms with Crippen LogP contribution in [-0.4, -0.2) is 34.7 Å². The van der Waals surface area contributed by atoms with Gasteiger partial charge in [0.2, 0.25) is 0 Å². The summed E-state index contributed by atoms with van der Waals surface area (Å²) in [5, 5.41) is 8.92. The topological polar surface area (TPSA) is 66.8 Å². The molecule has 1 aliphatic heterocycles. The van der Waals surface area contributed by atoms with Crippen molar-refractivity contribution in [2.45, 2.75) is 25.5 Å². The first-order chi connectivity index (χ1) is 9.08. The molecule has 0 radical (unpaired) electrons. The van der Waals surface area contributed by atoms with Crippen molar-refractivity contribution in [2.24, 2.45) is 0 Å². The highest BCUT2D eigenvalue weighted by molar-refractivity contribution is 5.81. The zero-order valence-corrected chi connectivity index (χ0v) is 10.2. The summed E-state index contributed by atoms with van der Waals surface area (Å²) >= 11 is 0. The third-order valence-corrected chi connectivity index (χ3v) is 3.04. The van der Waals surface area contributed by atoms with E-state index >= 15 is 0 Å². The van der Waals surface area contributed by atoms with Crippen molar-refractivity contribution in [3.8, 4) is 0 Å². The lowest BCUT2D eigenvalue weighted by Crippen LogP contribution is -2.40. The van der Waals surface area contributed by atoms with Gasteiger partial charge in [0, 0.05) is 6.54 Å². The Labute approximate surface area is 109 Å². The van der Waals surface area contributed by atoms with Gasteiger partial charge in [0.25, 0.3) is 0 Å². The summed E-state index contributed by atoms with van der Waals surface area (Å²) in [6, 6.07) is 4.99. The van der Waals surface area contributed by atoms with Crippen LogP contribution in [0.25, 0.3) is 0 Å². The van der Waals surface area contributed by atoms with Crippen molar-refractivity contribution < 1.29 is 23.8 Å². The molecule has 0 aromatic heterocycles. The number of ether oxygens (including phenoxy) is 1. The summed E-state index contributed by atoms with van der Waals surface area (Å²) in [4.78, 5) is 23.8. The van der Waals surface area contributed by atoms with E-state index < -0.39 is 23.9 Å². The minimum Gasteiger partial charge on any atom is -0.465 e. The zero-order chi connectivity index (χ0) is 13.8. The third-order valence-electron chi connectivity index (χ3n) is 3.04. The van der Waals surface area contributed by atoms with E-state index in [0.717, 1.165) is 4.90 Å². The lowest BCUT2D eigenvalue weighted by molar-refractivity contribution is -0.149. The van der Waals surface area contributed by atoms with E-state index in [-0.39, 0.29) is 6.61 Å². The molecule has 1 amide bonds. The van der Waals surface area contributed by atoms with E-state index in [1.807, 2.05) is 0 Å². The van der Waals surface area contributed by atoms with Gasteiger partial charge >= 0.3 is 12.1 Å². The quantitative estimate of drug-likeness (QED) is 0.851. The molecule has 6 heteroatoms. The number of hydrogen-bond donors (Lipinski definition) is 1. The molecule has 1 fully saturated rings. The van der Waals surface area contributed by atoms with E-state index in [0.29, 0.717) is 24.9 Å². The van der Waals surface area contributed by atoms with Crippen molar-refractivity contribution in [2.75, 3.05) is 6.54 Å². The van der Waals surface area contributed by atoms with E-state index in [9.17, 15) is 14.0 Å². The lowest BCUT2D eigenvalue weighted by atomic mass is 10.2. The molecule has 1 N–H and O–H groups in total. The van der Waals surface area contributed by atoms with Gasteiger partial charge in [0.15, 0.2) is 0 Å². The molecule has 5 nitrogen and oxygen atoms in total. The monoisotopic (exact) mass is 267 g/mol. The summed E-state index contributed by atoms with van der Waals surface area (Å²) < 4.78 is 18.0. The van der Waals surface area contributed by atoms with E-state index in [4.69, 9.17) is 9.84 Å². The van der Waals surface area contributed by atoms with E-state index in [1.165, 1.54) is 18.2 Å². The molecule has 0 saturated carbocycles. The highest BCUT2D eigenvalue weighted by Crippen LogP contribution is 2.19. The van der Waals surface area contributed by atoms with Crippen LogP contribution in [-0.2, 0) is 16.1 Å². The van der Waals surface area contributed by atoms with Crippen LogP contribution in [0.1, 0.15) is 18.4 Å². The number of carbonyl (C=O) groups excluding carboxylic acids is 1. The average Bonchev–Trinajstić information content (AvgIpc) is 2.85. The maximum Gasteiger partial charge on any atom is 0.408 e. The van der Waals surface area contributed by atoms with Gasteiger partial charge in [-0.3, -0.25) is 4.90 Å². The van der Waals surface area contributed by atoms with Gasteiger partial charge in [0.05, 0.1) is 0 Å². The molecule has 1 unspecified atom stereocenters. The van der Waals surface area contributed by atoms with E-state index in [1.54, 1.807) is 6.07 Å². The Bertz CT molecular complexity index is 491. The molecule has 102 valence electrons. The fourth-order valence-corrected chi connectivity index (χ4v) is 2.12. The number of rotatable bonds is 3. The lowest BCUT2D eigenvalue weighted by Gasteiger charge is -2.19. The smallest absolute Gasteiger partial charge is 0.408 e. The number of carboxylic acid groups (broad SMARTS) is 1. The van der Waals surface area contributed by atoms with Gasteiger partial charge in [0.1, 0.15) is 18.5 Å². The second-order valence-corrected chi connectivity index (χ2v) is 4.37. The maximum atomic E-state index is 12.9. The second-order valence-electron chi connectivity index (χ2n) is 4.37. The van der Waals surface area contributed by atoms with Crippen LogP contribution in [0.15, 0.2) is 24.3 Å². The number of esters is 1. The number of benzene rings is 1. The number of carbonyl (C=O) groups is 2. The summed E-state index contributed by atoms with van der Waals surface area (Å²) in [7, 11) is 0. The third kappa shape index (κ3) is 3.21. The molecule has 1 heterocycles. The number of likely N-dealkylation sites (tertiary alicyclic amines) is 1. The Morgan fingerprint density at radius 1 is 1.47 bits per heavy atom. The number of amides is 1. The van der Waals surface area contributed by atoms with Crippen molar-refractivity contribution in [1.82, 2.24) is 4.90 Å². The van der Waals surface area contributed by atoms with Gasteiger partial charge < -0.3 is 9.84 Å². The largest absolute Gasteiger partial charge is 0.465 e. The van der Waals surface area contributed by atoms with Crippen molar-refractivity contribution >= 4 is 12.1 Å². The summed E-state index contributed by atoms with van der Waals surface area (Å²) in [5.74, 6) is -0.981. The Morgan fingerprint density at radius 2 is 2.26 bits per heavy atom. The maximum absolute atomic E-state index is 12.9. The van der Waals surface area contributed by atoms with Crippen LogP contribution < -0.4 is 0 Å². The Kier molecular flexibility index (Phi) is 3.99. The Morgan fingerprint density at radius 3 is 2.95 bits per heavy atom. The van der Waals surface area contributed by atoms with Crippen LogP contribution in [0.2, 0.25) is 0 Å². The number of halogens is 1. The second kappa shape index (κ2) is 5.69. The van der Waals surface area contributed by atoms with Crippen LogP contribution >= 0.6 is 0 Å². The molecular weight excluding hydrogens is 253 g/mol. The molecule has 0 aliphatic carbocycles. The molecule has 1 aromatic rings. The Hall–Kier alpha value is -2.11. The number of nitrogens with zero attached hydrogens (tertiary/aromatic N) is 1. The molecule has 0 spiro atoms. The summed E-state index contributed by atoms with van der Waals surface area (Å²) in [5.41, 5.74) is 0.535. The predicted octanol–water partition coefficient (Wildman–Crippen LogP) is 2.01. The summed E-state index contributed by atoms with van der Waals surface area (Å²) in [6.07, 6.45) is -0.00876. The van der Waals surface area contributed by atoms with Gasteiger partial charge in [-0.15, -0.1) is 0 Å². The first-order valence-electron chi connectivity index (χ1n) is 5.98. The van der Waals surface area contributed by atoms with Gasteiger partial charge in [-0.2, -0.15) is 0 Å². The van der Waals surface area contributed by atoms with E-state index in [2.05, 4.69) is 0 Å². The molecule has 1 aliphatic rings. The van der Waals surface area contributed by atoms with Crippen molar-refractivity contribution in [3.05, 3.63) is 35.6 Å². The molecular formula is C13H14FNO4. The zero-order valence-electron chi connectivity index (χ0n) is 10.2. The number of hydrogen-bond acceptors (Lipinski definition) is 3. The van der Waals surface area contributed by atoms with Gasteiger partial charge in [-0.25, -0.2) is 14.0 Å². The normalized spacial score (nSPS) is 18.4. The SMILES string of the molecule is O=C(OCc1cccc(F)c1)C1CCCN1C(=O)O. The Balaban J connectivity index is 1.92. The molecule has 2 rings (SSSR count). The standard InChI is InChI=1S/C13H14FNO4/c14-10-4-1-3-9(7-10)8-19-12(16)11-5-2-6-15(11)13(17)18/h1,3-4,7,11H,2,5-6,8H2,(H,17,18). The van der Waals surface area contributed by atoms with Crippen LogP contribution in [0, 0.1) is 5.82 Å². The van der Waals surface area contributed by atoms with Crippen LogP contribution in [0.5, 0.6) is 0 Å². The predicted molar refractivity (Wildman–Crippen MR) is 63.9 cm³/mol. The molecule has 1 saturated heterocycles. The molecule has 1 atom stereocenters. The fraction of sp³-hybridized carbons (Fsp3) is 0.385.